The van der Waals surface area contributed by atoms with E-state index in [1.54, 1.807) is 6.07 Å². The highest BCUT2D eigenvalue weighted by molar-refractivity contribution is 9.10. The first kappa shape index (κ1) is 16.5. The van der Waals surface area contributed by atoms with Gasteiger partial charge in [0.1, 0.15) is 5.75 Å². The highest BCUT2D eigenvalue weighted by atomic mass is 79.9. The number of hydrogen-bond acceptors (Lipinski definition) is 3. The maximum absolute atomic E-state index is 14.6. The molecule has 0 atom stereocenters. The van der Waals surface area contributed by atoms with Crippen molar-refractivity contribution in [3.05, 3.63) is 55.0 Å². The summed E-state index contributed by atoms with van der Waals surface area (Å²) in [4.78, 5) is 25.2. The molecule has 0 aliphatic rings. The highest BCUT2D eigenvalue weighted by Gasteiger charge is 2.26. The van der Waals surface area contributed by atoms with E-state index in [-0.39, 0.29) is 15.6 Å². The molecule has 0 saturated carbocycles. The van der Waals surface area contributed by atoms with Crippen molar-refractivity contribution in [2.45, 2.75) is 26.2 Å². The molecule has 1 heterocycles. The van der Waals surface area contributed by atoms with Crippen LogP contribution >= 0.6 is 15.9 Å². The molecule has 2 rings (SSSR count). The van der Waals surface area contributed by atoms with Gasteiger partial charge in [-0.1, -0.05) is 20.8 Å². The van der Waals surface area contributed by atoms with Gasteiger partial charge in [-0.2, -0.15) is 0 Å². The lowest BCUT2D eigenvalue weighted by molar-refractivity contribution is 0.390. The zero-order valence-electron chi connectivity index (χ0n) is 12.7. The van der Waals surface area contributed by atoms with Crippen molar-refractivity contribution in [1.82, 2.24) is 9.55 Å². The smallest absolute Gasteiger partial charge is 0.333 e. The van der Waals surface area contributed by atoms with Crippen LogP contribution in [0.2, 0.25) is 0 Å². The minimum absolute atomic E-state index is 0.0406. The van der Waals surface area contributed by atoms with Crippen molar-refractivity contribution in [2.75, 3.05) is 7.11 Å². The molecule has 0 aliphatic carbocycles. The van der Waals surface area contributed by atoms with Crippen LogP contribution in [0, 0.1) is 5.82 Å². The van der Waals surface area contributed by atoms with Crippen molar-refractivity contribution in [3.63, 3.8) is 0 Å². The average molecular weight is 371 g/mol. The SMILES string of the molecule is COc1c(C(C)(C)C)cc(-n2ccc(=O)[nH]c2=O)c(F)c1Br. The van der Waals surface area contributed by atoms with E-state index in [1.165, 1.54) is 13.3 Å². The summed E-state index contributed by atoms with van der Waals surface area (Å²) in [5.74, 6) is -0.259. The van der Waals surface area contributed by atoms with Crippen molar-refractivity contribution in [1.29, 1.82) is 0 Å². The molecule has 118 valence electrons. The Morgan fingerprint density at radius 3 is 2.45 bits per heavy atom. The van der Waals surface area contributed by atoms with Gasteiger partial charge in [-0.3, -0.25) is 14.3 Å². The maximum Gasteiger partial charge on any atom is 0.333 e. The summed E-state index contributed by atoms with van der Waals surface area (Å²) in [6, 6.07) is 2.72. The fourth-order valence-electron chi connectivity index (χ4n) is 2.13. The summed E-state index contributed by atoms with van der Waals surface area (Å²) in [6.45, 7) is 5.86. The van der Waals surface area contributed by atoms with Crippen molar-refractivity contribution >= 4 is 15.9 Å². The number of H-pyrrole nitrogens is 1. The predicted octanol–water partition coefficient (Wildman–Crippen LogP) is 2.73. The van der Waals surface area contributed by atoms with Crippen LogP contribution in [-0.4, -0.2) is 16.7 Å². The Morgan fingerprint density at radius 2 is 1.95 bits per heavy atom. The van der Waals surface area contributed by atoms with Gasteiger partial charge < -0.3 is 4.74 Å². The Kier molecular flexibility index (Phi) is 4.28. The van der Waals surface area contributed by atoms with Gasteiger partial charge in [0.05, 0.1) is 17.3 Å². The number of aromatic nitrogens is 2. The van der Waals surface area contributed by atoms with Crippen LogP contribution in [0.3, 0.4) is 0 Å². The van der Waals surface area contributed by atoms with E-state index in [9.17, 15) is 14.0 Å². The molecule has 1 aromatic carbocycles. The van der Waals surface area contributed by atoms with Gasteiger partial charge in [0, 0.05) is 17.8 Å². The fraction of sp³-hybridized carbons (Fsp3) is 0.333. The van der Waals surface area contributed by atoms with Crippen LogP contribution in [0.25, 0.3) is 5.69 Å². The first-order chi connectivity index (χ1) is 10.2. The van der Waals surface area contributed by atoms with E-state index >= 15 is 0 Å². The predicted molar refractivity (Wildman–Crippen MR) is 85.6 cm³/mol. The quantitative estimate of drug-likeness (QED) is 0.883. The molecule has 5 nitrogen and oxygen atoms in total. The number of benzene rings is 1. The molecule has 0 fully saturated rings. The van der Waals surface area contributed by atoms with Crippen LogP contribution in [0.5, 0.6) is 5.75 Å². The molecule has 1 aromatic heterocycles. The summed E-state index contributed by atoms with van der Waals surface area (Å²) in [6.07, 6.45) is 1.24. The first-order valence-electron chi connectivity index (χ1n) is 6.55. The molecule has 0 aliphatic heterocycles. The Bertz CT molecular complexity index is 834. The van der Waals surface area contributed by atoms with Gasteiger partial charge in [-0.05, 0) is 27.4 Å². The van der Waals surface area contributed by atoms with E-state index in [4.69, 9.17) is 4.74 Å². The second kappa shape index (κ2) is 5.72. The summed E-state index contributed by atoms with van der Waals surface area (Å²) < 4.78 is 21.1. The summed E-state index contributed by atoms with van der Waals surface area (Å²) >= 11 is 3.18. The molecule has 0 spiro atoms. The summed E-state index contributed by atoms with van der Waals surface area (Å²) in [5, 5.41) is 0. The zero-order chi connectivity index (χ0) is 16.7. The van der Waals surface area contributed by atoms with Crippen LogP contribution in [0.1, 0.15) is 26.3 Å². The van der Waals surface area contributed by atoms with E-state index in [0.717, 1.165) is 16.2 Å². The molecular weight excluding hydrogens is 355 g/mol. The number of hydrogen-bond donors (Lipinski definition) is 1. The number of halogens is 2. The second-order valence-corrected chi connectivity index (χ2v) is 6.63. The standard InChI is InChI=1S/C15H16BrFN2O3/c1-15(2,3)8-7-9(12(17)11(16)13(8)22-4)19-6-5-10(20)18-14(19)21/h5-7H,1-4H3,(H,18,20,21). The number of ether oxygens (including phenoxy) is 1. The zero-order valence-corrected chi connectivity index (χ0v) is 14.2. The maximum atomic E-state index is 14.6. The Morgan fingerprint density at radius 1 is 1.32 bits per heavy atom. The number of aromatic amines is 1. The van der Waals surface area contributed by atoms with Crippen LogP contribution in [0.4, 0.5) is 4.39 Å². The van der Waals surface area contributed by atoms with Crippen LogP contribution in [-0.2, 0) is 5.41 Å². The lowest BCUT2D eigenvalue weighted by Gasteiger charge is -2.24. The number of nitrogens with one attached hydrogen (secondary N) is 1. The first-order valence-corrected chi connectivity index (χ1v) is 7.35. The van der Waals surface area contributed by atoms with Crippen molar-refractivity contribution in [3.8, 4) is 11.4 Å². The average Bonchev–Trinajstić information content (AvgIpc) is 2.41. The van der Waals surface area contributed by atoms with Crippen molar-refractivity contribution in [2.24, 2.45) is 0 Å². The third-order valence-corrected chi connectivity index (χ3v) is 3.95. The number of methoxy groups -OCH3 is 1. The number of nitrogens with zero attached hydrogens (tertiary/aromatic N) is 1. The molecule has 1 N–H and O–H groups in total. The summed E-state index contributed by atoms with van der Waals surface area (Å²) in [5.41, 5.74) is -0.800. The van der Waals surface area contributed by atoms with Gasteiger partial charge in [0.25, 0.3) is 5.56 Å². The van der Waals surface area contributed by atoms with Gasteiger partial charge in [-0.15, -0.1) is 0 Å². The Labute approximate surface area is 134 Å². The molecule has 22 heavy (non-hydrogen) atoms. The Hall–Kier alpha value is -1.89. The molecule has 0 bridgehead atoms. The third-order valence-electron chi connectivity index (χ3n) is 3.24. The summed E-state index contributed by atoms with van der Waals surface area (Å²) in [7, 11) is 1.46. The molecule has 0 saturated heterocycles. The topological polar surface area (TPSA) is 64.1 Å². The van der Waals surface area contributed by atoms with Gasteiger partial charge >= 0.3 is 5.69 Å². The van der Waals surface area contributed by atoms with E-state index < -0.39 is 17.1 Å². The lowest BCUT2D eigenvalue weighted by Crippen LogP contribution is -2.28. The molecule has 0 amide bonds. The molecule has 0 unspecified atom stereocenters. The lowest BCUT2D eigenvalue weighted by atomic mass is 9.86. The second-order valence-electron chi connectivity index (χ2n) is 5.83. The van der Waals surface area contributed by atoms with Crippen LogP contribution < -0.4 is 16.0 Å². The molecule has 2 aromatic rings. The normalized spacial score (nSPS) is 11.5. The third kappa shape index (κ3) is 2.85. The largest absolute Gasteiger partial charge is 0.495 e. The van der Waals surface area contributed by atoms with Gasteiger partial charge in [0.15, 0.2) is 5.82 Å². The van der Waals surface area contributed by atoms with Gasteiger partial charge in [0.2, 0.25) is 0 Å². The highest BCUT2D eigenvalue weighted by Crippen LogP contribution is 2.40. The minimum Gasteiger partial charge on any atom is -0.495 e. The molecular formula is C15H16BrFN2O3. The van der Waals surface area contributed by atoms with Crippen LogP contribution in [0.15, 0.2) is 32.4 Å². The Balaban J connectivity index is 2.86. The van der Waals surface area contributed by atoms with E-state index in [0.29, 0.717) is 5.75 Å². The molecule has 0 radical (unpaired) electrons. The fourth-order valence-corrected chi connectivity index (χ4v) is 2.71. The van der Waals surface area contributed by atoms with Gasteiger partial charge in [-0.25, -0.2) is 9.18 Å². The van der Waals surface area contributed by atoms with Crippen molar-refractivity contribution < 1.29 is 9.13 Å². The molecule has 7 heteroatoms. The number of rotatable bonds is 2. The monoisotopic (exact) mass is 370 g/mol. The van der Waals surface area contributed by atoms with E-state index in [1.807, 2.05) is 20.8 Å². The minimum atomic E-state index is -0.705. The van der Waals surface area contributed by atoms with E-state index in [2.05, 4.69) is 20.9 Å².